The third-order valence-electron chi connectivity index (χ3n) is 3.40. The van der Waals surface area contributed by atoms with Gasteiger partial charge in [0.2, 0.25) is 0 Å². The number of rotatable bonds is 3. The van der Waals surface area contributed by atoms with E-state index in [1.807, 2.05) is 29.5 Å². The van der Waals surface area contributed by atoms with Gasteiger partial charge in [-0.2, -0.15) is 0 Å². The fraction of sp³-hybridized carbons (Fsp3) is 0.133. The van der Waals surface area contributed by atoms with E-state index in [-0.39, 0.29) is 17.1 Å². The molecule has 0 aliphatic heterocycles. The Morgan fingerprint density at radius 1 is 1.22 bits per heavy atom. The van der Waals surface area contributed by atoms with Gasteiger partial charge in [0.1, 0.15) is 17.1 Å². The predicted octanol–water partition coefficient (Wildman–Crippen LogP) is 3.98. The Bertz CT molecular complexity index is 946. The number of aromatic nitrogens is 2. The lowest BCUT2D eigenvalue weighted by atomic mass is 10.2. The van der Waals surface area contributed by atoms with Crippen molar-refractivity contribution in [1.82, 2.24) is 9.38 Å². The summed E-state index contributed by atoms with van der Waals surface area (Å²) in [6.07, 6.45) is 0. The van der Waals surface area contributed by atoms with Crippen LogP contribution >= 0.6 is 0 Å². The molecule has 0 atom stereocenters. The van der Waals surface area contributed by atoms with Crippen LogP contribution in [0.3, 0.4) is 0 Å². The topological polar surface area (TPSA) is 105 Å². The van der Waals surface area contributed by atoms with Gasteiger partial charge in [0, 0.05) is 17.8 Å². The number of hydrogen-bond acceptors (Lipinski definition) is 6. The third kappa shape index (κ3) is 2.61. The minimum absolute atomic E-state index is 0.0298. The molecular formula is C15H13N5O3. The highest BCUT2D eigenvalue weighted by Gasteiger charge is 2.12. The number of nitro benzene ring substituents is 1. The number of azo groups is 1. The van der Waals surface area contributed by atoms with Gasteiger partial charge in [-0.15, -0.1) is 10.2 Å². The highest BCUT2D eigenvalue weighted by Crippen LogP contribution is 2.32. The number of fused-ring (bicyclic) bond motifs is 1. The molecule has 0 radical (unpaired) electrons. The Hall–Kier alpha value is -3.29. The first-order valence-corrected chi connectivity index (χ1v) is 6.81. The second kappa shape index (κ2) is 5.48. The van der Waals surface area contributed by atoms with Crippen molar-refractivity contribution in [2.45, 2.75) is 13.8 Å². The molecule has 0 aliphatic carbocycles. The number of phenolic OH excluding ortho intramolecular Hbond substituents is 1. The largest absolute Gasteiger partial charge is 0.506 e. The van der Waals surface area contributed by atoms with Crippen molar-refractivity contribution in [2.75, 3.05) is 0 Å². The molecule has 0 unspecified atom stereocenters. The van der Waals surface area contributed by atoms with Gasteiger partial charge in [-0.3, -0.25) is 14.5 Å². The predicted molar refractivity (Wildman–Crippen MR) is 83.6 cm³/mol. The molecule has 8 heteroatoms. The summed E-state index contributed by atoms with van der Waals surface area (Å²) in [7, 11) is 0. The standard InChI is InChI=1S/C15H13N5O3/c1-9-4-3-5-14-16-10(2)15(19(9)14)18-17-12-8-11(20(22)23)6-7-13(12)21/h3-8,21H,1-2H3. The molecule has 2 heterocycles. The molecule has 0 amide bonds. The smallest absolute Gasteiger partial charge is 0.271 e. The number of benzene rings is 1. The summed E-state index contributed by atoms with van der Waals surface area (Å²) in [5.41, 5.74) is 2.21. The minimum Gasteiger partial charge on any atom is -0.506 e. The lowest BCUT2D eigenvalue weighted by Gasteiger charge is -2.01. The van der Waals surface area contributed by atoms with E-state index in [1.165, 1.54) is 18.2 Å². The number of imidazole rings is 1. The SMILES string of the molecule is Cc1nc2cccc(C)n2c1N=Nc1cc([N+](=O)[O-])ccc1O. The Morgan fingerprint density at radius 3 is 2.74 bits per heavy atom. The van der Waals surface area contributed by atoms with Crippen LogP contribution in [0.5, 0.6) is 5.75 Å². The van der Waals surface area contributed by atoms with E-state index in [9.17, 15) is 15.2 Å². The monoisotopic (exact) mass is 311 g/mol. The molecule has 8 nitrogen and oxygen atoms in total. The van der Waals surface area contributed by atoms with Crippen molar-refractivity contribution in [2.24, 2.45) is 10.2 Å². The van der Waals surface area contributed by atoms with Crippen molar-refractivity contribution in [3.05, 3.63) is 57.9 Å². The maximum Gasteiger partial charge on any atom is 0.271 e. The summed E-state index contributed by atoms with van der Waals surface area (Å²) in [5, 5.41) is 28.7. The molecule has 116 valence electrons. The Labute approximate surface area is 130 Å². The molecule has 0 saturated carbocycles. The van der Waals surface area contributed by atoms with E-state index in [0.717, 1.165) is 11.3 Å². The first-order chi connectivity index (χ1) is 11.0. The van der Waals surface area contributed by atoms with E-state index in [4.69, 9.17) is 0 Å². The number of hydrogen-bond donors (Lipinski definition) is 1. The Kier molecular flexibility index (Phi) is 3.49. The molecule has 3 rings (SSSR count). The number of aromatic hydroxyl groups is 1. The van der Waals surface area contributed by atoms with E-state index >= 15 is 0 Å². The second-order valence-corrected chi connectivity index (χ2v) is 5.01. The Morgan fingerprint density at radius 2 is 2.00 bits per heavy atom. The fourth-order valence-electron chi connectivity index (χ4n) is 2.27. The molecule has 0 aliphatic rings. The number of phenols is 1. The van der Waals surface area contributed by atoms with Gasteiger partial charge in [0.15, 0.2) is 5.82 Å². The second-order valence-electron chi connectivity index (χ2n) is 5.01. The van der Waals surface area contributed by atoms with E-state index in [2.05, 4.69) is 15.2 Å². The van der Waals surface area contributed by atoms with Crippen LogP contribution in [0.2, 0.25) is 0 Å². The maximum absolute atomic E-state index is 10.8. The average molecular weight is 311 g/mol. The van der Waals surface area contributed by atoms with Gasteiger partial charge >= 0.3 is 0 Å². The number of nitro groups is 1. The highest BCUT2D eigenvalue weighted by molar-refractivity contribution is 5.58. The van der Waals surface area contributed by atoms with Crippen LogP contribution in [0.15, 0.2) is 46.6 Å². The minimum atomic E-state index is -0.553. The molecule has 1 N–H and O–H groups in total. The van der Waals surface area contributed by atoms with E-state index in [1.54, 1.807) is 6.92 Å². The first-order valence-electron chi connectivity index (χ1n) is 6.81. The van der Waals surface area contributed by atoms with E-state index in [0.29, 0.717) is 11.5 Å². The van der Waals surface area contributed by atoms with Gasteiger partial charge < -0.3 is 5.11 Å². The zero-order valence-electron chi connectivity index (χ0n) is 12.5. The van der Waals surface area contributed by atoms with Crippen LogP contribution in [0.1, 0.15) is 11.4 Å². The zero-order chi connectivity index (χ0) is 16.6. The molecule has 0 saturated heterocycles. The number of nitrogens with zero attached hydrogens (tertiary/aromatic N) is 5. The van der Waals surface area contributed by atoms with Crippen LogP contribution in [0.25, 0.3) is 5.65 Å². The maximum atomic E-state index is 10.8. The normalized spacial score (nSPS) is 11.4. The van der Waals surface area contributed by atoms with Crippen LogP contribution in [-0.4, -0.2) is 19.4 Å². The lowest BCUT2D eigenvalue weighted by molar-refractivity contribution is -0.384. The van der Waals surface area contributed by atoms with Crippen molar-refractivity contribution in [1.29, 1.82) is 0 Å². The van der Waals surface area contributed by atoms with Gasteiger partial charge in [0.25, 0.3) is 5.69 Å². The van der Waals surface area contributed by atoms with Crippen LogP contribution in [0.4, 0.5) is 17.2 Å². The van der Waals surface area contributed by atoms with Crippen LogP contribution in [0, 0.1) is 24.0 Å². The van der Waals surface area contributed by atoms with Gasteiger partial charge in [0.05, 0.1) is 10.6 Å². The average Bonchev–Trinajstić information content (AvgIpc) is 2.83. The van der Waals surface area contributed by atoms with Crippen molar-refractivity contribution < 1.29 is 10.0 Å². The molecular weight excluding hydrogens is 298 g/mol. The summed E-state index contributed by atoms with van der Waals surface area (Å²) in [6.45, 7) is 3.71. The summed E-state index contributed by atoms with van der Waals surface area (Å²) in [4.78, 5) is 14.6. The summed E-state index contributed by atoms with van der Waals surface area (Å²) < 4.78 is 1.83. The Balaban J connectivity index is 2.09. The van der Waals surface area contributed by atoms with E-state index < -0.39 is 4.92 Å². The van der Waals surface area contributed by atoms with Crippen molar-refractivity contribution >= 4 is 22.8 Å². The van der Waals surface area contributed by atoms with Crippen molar-refractivity contribution in [3.8, 4) is 5.75 Å². The van der Waals surface area contributed by atoms with Gasteiger partial charge in [-0.1, -0.05) is 6.07 Å². The number of pyridine rings is 1. The molecule has 0 bridgehead atoms. The molecule has 0 spiro atoms. The third-order valence-corrected chi connectivity index (χ3v) is 3.40. The summed E-state index contributed by atoms with van der Waals surface area (Å²) in [5.74, 6) is 0.339. The van der Waals surface area contributed by atoms with Crippen LogP contribution < -0.4 is 0 Å². The van der Waals surface area contributed by atoms with Crippen LogP contribution in [-0.2, 0) is 0 Å². The van der Waals surface area contributed by atoms with Gasteiger partial charge in [-0.05, 0) is 32.0 Å². The lowest BCUT2D eigenvalue weighted by Crippen LogP contribution is -1.89. The van der Waals surface area contributed by atoms with Crippen molar-refractivity contribution in [3.63, 3.8) is 0 Å². The zero-order valence-corrected chi connectivity index (χ0v) is 12.5. The number of non-ortho nitro benzene ring substituents is 1. The number of aryl methyl sites for hydroxylation is 2. The molecule has 2 aromatic heterocycles. The molecule has 23 heavy (non-hydrogen) atoms. The quantitative estimate of drug-likeness (QED) is 0.448. The fourth-order valence-corrected chi connectivity index (χ4v) is 2.27. The summed E-state index contributed by atoms with van der Waals surface area (Å²) >= 11 is 0. The molecule has 0 fully saturated rings. The first kappa shape index (κ1) is 14.6. The molecule has 1 aromatic carbocycles. The highest BCUT2D eigenvalue weighted by atomic mass is 16.6. The summed E-state index contributed by atoms with van der Waals surface area (Å²) in [6, 6.07) is 9.26. The van der Waals surface area contributed by atoms with Gasteiger partial charge in [-0.25, -0.2) is 4.98 Å². The molecule has 3 aromatic rings.